The van der Waals surface area contributed by atoms with Crippen LogP contribution in [0.25, 0.3) is 33.5 Å². The molecule has 2 aliphatic rings. The Balaban J connectivity index is 1.95. The zero-order valence-corrected chi connectivity index (χ0v) is 20.0. The predicted molar refractivity (Wildman–Crippen MR) is 137 cm³/mol. The van der Waals surface area contributed by atoms with Crippen molar-refractivity contribution in [2.75, 3.05) is 0 Å². The zero-order chi connectivity index (χ0) is 21.2. The summed E-state index contributed by atoms with van der Waals surface area (Å²) in [6.07, 6.45) is 10.0. The fourth-order valence-electron chi connectivity index (χ4n) is 5.89. The van der Waals surface area contributed by atoms with Crippen LogP contribution in [0.15, 0.2) is 60.2 Å². The highest BCUT2D eigenvalue weighted by molar-refractivity contribution is 7.05. The van der Waals surface area contributed by atoms with E-state index in [4.69, 9.17) is 0 Å². The van der Waals surface area contributed by atoms with Crippen molar-refractivity contribution < 1.29 is 0 Å². The third-order valence-corrected chi connectivity index (χ3v) is 10.8. The highest BCUT2D eigenvalue weighted by Gasteiger charge is 2.40. The van der Waals surface area contributed by atoms with Gasteiger partial charge in [-0.05, 0) is 100 Å². The Kier molecular flexibility index (Phi) is 4.31. The number of rotatable bonds is 2. The van der Waals surface area contributed by atoms with Crippen LogP contribution in [0.2, 0.25) is 13.1 Å². The Morgan fingerprint density at radius 1 is 0.867 bits per heavy atom. The van der Waals surface area contributed by atoms with Crippen molar-refractivity contribution in [1.82, 2.24) is 0 Å². The van der Waals surface area contributed by atoms with Gasteiger partial charge in [0.2, 0.25) is 0 Å². The van der Waals surface area contributed by atoms with Gasteiger partial charge in [-0.3, -0.25) is 0 Å². The summed E-state index contributed by atoms with van der Waals surface area (Å²) >= 11 is 0. The first-order chi connectivity index (χ1) is 14.4. The second-order valence-corrected chi connectivity index (χ2v) is 13.7. The molecule has 0 fully saturated rings. The smallest absolute Gasteiger partial charge is 0.0870 e. The van der Waals surface area contributed by atoms with Crippen molar-refractivity contribution in [1.29, 1.82) is 0 Å². The maximum absolute atomic E-state index is 2.54. The van der Waals surface area contributed by atoms with Crippen LogP contribution in [0.5, 0.6) is 0 Å². The lowest BCUT2D eigenvalue weighted by molar-refractivity contribution is 1.20. The van der Waals surface area contributed by atoms with Crippen LogP contribution < -0.4 is 10.4 Å². The molecule has 0 radical (unpaired) electrons. The van der Waals surface area contributed by atoms with E-state index in [1.807, 2.05) is 0 Å². The van der Waals surface area contributed by atoms with Gasteiger partial charge < -0.3 is 0 Å². The Morgan fingerprint density at radius 2 is 1.60 bits per heavy atom. The van der Waals surface area contributed by atoms with E-state index >= 15 is 0 Å². The molecule has 3 aromatic rings. The lowest BCUT2D eigenvalue weighted by Gasteiger charge is -2.23. The van der Waals surface area contributed by atoms with Crippen molar-refractivity contribution in [3.63, 3.8) is 0 Å². The number of benzene rings is 3. The maximum Gasteiger partial charge on any atom is 0.114 e. The van der Waals surface area contributed by atoms with Gasteiger partial charge in [-0.2, -0.15) is 0 Å². The molecule has 0 saturated carbocycles. The molecule has 0 bridgehead atoms. The molecule has 0 atom stereocenters. The van der Waals surface area contributed by atoms with E-state index in [0.29, 0.717) is 0 Å². The van der Waals surface area contributed by atoms with Crippen LogP contribution in [0.3, 0.4) is 0 Å². The molecule has 30 heavy (non-hydrogen) atoms. The van der Waals surface area contributed by atoms with Crippen molar-refractivity contribution >= 4 is 40.9 Å². The summed E-state index contributed by atoms with van der Waals surface area (Å²) in [7, 11) is -1.76. The summed E-state index contributed by atoms with van der Waals surface area (Å²) in [4.78, 5) is 0. The summed E-state index contributed by atoms with van der Waals surface area (Å²) in [6, 6.07) is 14.2. The second-order valence-electron chi connectivity index (χ2n) is 9.38. The van der Waals surface area contributed by atoms with Crippen molar-refractivity contribution in [3.8, 4) is 11.1 Å². The summed E-state index contributed by atoms with van der Waals surface area (Å²) in [5.41, 5.74) is 11.6. The first-order valence-electron chi connectivity index (χ1n) is 11.1. The highest BCUT2D eigenvalue weighted by Crippen LogP contribution is 2.42. The Bertz CT molecular complexity index is 1310. The Hall–Kier alpha value is -2.64. The highest BCUT2D eigenvalue weighted by atomic mass is 28.3. The van der Waals surface area contributed by atoms with Gasteiger partial charge in [0, 0.05) is 0 Å². The van der Waals surface area contributed by atoms with E-state index in [9.17, 15) is 0 Å². The molecule has 150 valence electrons. The molecule has 1 heteroatoms. The van der Waals surface area contributed by atoms with E-state index in [1.54, 1.807) is 10.4 Å². The largest absolute Gasteiger partial charge is 0.114 e. The van der Waals surface area contributed by atoms with Gasteiger partial charge in [0.1, 0.15) is 8.07 Å². The SMILES string of the molecule is C/C=C\C1=C(C)Cc2cc3c4c(c(C)c(/C=C\C)c3cc21)-c1ccccc1[Si]4(C)C. The lowest BCUT2D eigenvalue weighted by atomic mass is 9.88. The minimum absolute atomic E-state index is 1.07. The molecule has 1 aliphatic carbocycles. The first-order valence-corrected chi connectivity index (χ1v) is 14.1. The molecular weight excluding hydrogens is 376 g/mol. The van der Waals surface area contributed by atoms with Crippen LogP contribution in [0, 0.1) is 6.92 Å². The molecule has 1 aliphatic heterocycles. The fourth-order valence-corrected chi connectivity index (χ4v) is 9.38. The van der Waals surface area contributed by atoms with Crippen LogP contribution in [0.1, 0.15) is 43.0 Å². The van der Waals surface area contributed by atoms with Crippen molar-refractivity contribution in [2.45, 2.75) is 47.2 Å². The van der Waals surface area contributed by atoms with Crippen LogP contribution in [0.4, 0.5) is 0 Å². The van der Waals surface area contributed by atoms with Gasteiger partial charge in [-0.1, -0.05) is 73.3 Å². The van der Waals surface area contributed by atoms with Gasteiger partial charge in [0.05, 0.1) is 0 Å². The number of allylic oxidation sites excluding steroid dienone is 5. The fraction of sp³-hybridized carbons (Fsp3) is 0.241. The Labute approximate surface area is 181 Å². The second kappa shape index (κ2) is 6.68. The average molecular weight is 407 g/mol. The first kappa shape index (κ1) is 19.3. The van der Waals surface area contributed by atoms with Crippen molar-refractivity contribution in [3.05, 3.63) is 82.5 Å². The van der Waals surface area contributed by atoms with E-state index < -0.39 is 8.07 Å². The summed E-state index contributed by atoms with van der Waals surface area (Å²) in [6.45, 7) is 13.9. The van der Waals surface area contributed by atoms with Gasteiger partial charge in [-0.15, -0.1) is 0 Å². The summed E-state index contributed by atoms with van der Waals surface area (Å²) in [5.74, 6) is 0. The molecule has 0 amide bonds. The van der Waals surface area contributed by atoms with Gasteiger partial charge >= 0.3 is 0 Å². The normalized spacial score (nSPS) is 16.7. The minimum atomic E-state index is -1.76. The van der Waals surface area contributed by atoms with E-state index in [1.165, 1.54) is 55.3 Å². The van der Waals surface area contributed by atoms with Crippen molar-refractivity contribution in [2.24, 2.45) is 0 Å². The number of hydrogen-bond acceptors (Lipinski definition) is 0. The summed E-state index contributed by atoms with van der Waals surface area (Å²) < 4.78 is 0. The minimum Gasteiger partial charge on any atom is -0.0870 e. The van der Waals surface area contributed by atoms with E-state index in [2.05, 4.69) is 101 Å². The van der Waals surface area contributed by atoms with Crippen LogP contribution >= 0.6 is 0 Å². The molecule has 3 aromatic carbocycles. The van der Waals surface area contributed by atoms with Gasteiger partial charge in [0.25, 0.3) is 0 Å². The molecule has 5 rings (SSSR count). The lowest BCUT2D eigenvalue weighted by Crippen LogP contribution is -2.49. The molecule has 0 aromatic heterocycles. The molecule has 0 nitrogen and oxygen atoms in total. The predicted octanol–water partition coefficient (Wildman–Crippen LogP) is 6.89. The third-order valence-electron chi connectivity index (χ3n) is 7.20. The molecule has 0 saturated heterocycles. The topological polar surface area (TPSA) is 0 Å². The molecule has 0 N–H and O–H groups in total. The molecule has 0 spiro atoms. The number of fused-ring (bicyclic) bond motifs is 6. The van der Waals surface area contributed by atoms with Gasteiger partial charge in [0.15, 0.2) is 0 Å². The van der Waals surface area contributed by atoms with Crippen LogP contribution in [-0.4, -0.2) is 8.07 Å². The maximum atomic E-state index is 2.54. The van der Waals surface area contributed by atoms with E-state index in [0.717, 1.165) is 6.42 Å². The molecule has 0 unspecified atom stereocenters. The zero-order valence-electron chi connectivity index (χ0n) is 19.0. The molecular formula is C29H30Si. The average Bonchev–Trinajstić information content (AvgIpc) is 3.15. The monoisotopic (exact) mass is 406 g/mol. The molecule has 1 heterocycles. The standard InChI is InChI=1S/C29H30Si/c1-7-11-21-18(3)15-20-16-26-25(17-24(20)21)22(12-8-2)19(4)28-23-13-9-10-14-27(23)30(5,6)29(26)28/h7-14,16-17H,15H2,1-6H3/b11-7-,12-8-. The van der Waals surface area contributed by atoms with E-state index in [-0.39, 0.29) is 0 Å². The summed E-state index contributed by atoms with van der Waals surface area (Å²) in [5, 5.41) is 6.15. The van der Waals surface area contributed by atoms with Crippen LogP contribution in [-0.2, 0) is 6.42 Å². The van der Waals surface area contributed by atoms with Gasteiger partial charge in [-0.25, -0.2) is 0 Å². The third kappa shape index (κ3) is 2.45. The number of hydrogen-bond donors (Lipinski definition) is 0. The quantitative estimate of drug-likeness (QED) is 0.406. The Morgan fingerprint density at radius 3 is 2.33 bits per heavy atom.